The lowest BCUT2D eigenvalue weighted by Gasteiger charge is -2.12. The van der Waals surface area contributed by atoms with Gasteiger partial charge in [-0.25, -0.2) is 9.97 Å². The molecule has 2 aromatic heterocycles. The van der Waals surface area contributed by atoms with E-state index in [2.05, 4.69) is 29.1 Å². The molecule has 2 rings (SSSR count). The maximum atomic E-state index is 12.0. The number of rotatable bonds is 6. The highest BCUT2D eigenvalue weighted by Gasteiger charge is 2.15. The molecule has 120 valence electrons. The molecule has 0 bridgehead atoms. The van der Waals surface area contributed by atoms with Crippen LogP contribution in [0.4, 0.5) is 0 Å². The normalized spacial score (nSPS) is 12.6. The lowest BCUT2D eigenvalue weighted by molar-refractivity contribution is -0.119. The second kappa shape index (κ2) is 7.39. The zero-order valence-electron chi connectivity index (χ0n) is 13.5. The summed E-state index contributed by atoms with van der Waals surface area (Å²) < 4.78 is 5.02. The van der Waals surface area contributed by atoms with Gasteiger partial charge in [0, 0.05) is 23.4 Å². The summed E-state index contributed by atoms with van der Waals surface area (Å²) in [6, 6.07) is 0.00961. The molecule has 7 heteroatoms. The van der Waals surface area contributed by atoms with E-state index in [1.54, 1.807) is 18.4 Å². The number of carbonyl (C=O) groups excluding carboxylic acids is 1. The van der Waals surface area contributed by atoms with E-state index in [4.69, 9.17) is 4.74 Å². The first-order valence-corrected chi connectivity index (χ1v) is 8.88. The molecular formula is C15H21N3O2S2. The standard InChI is InChI=1S/C15H21N3O2S2/c1-8(6-20-5)16-12(19)7-21-14-13-9(2)10(3)22-15(13)18-11(4)17-14/h8H,6-7H2,1-5H3,(H,16,19). The van der Waals surface area contributed by atoms with E-state index in [-0.39, 0.29) is 11.9 Å². The van der Waals surface area contributed by atoms with Crippen molar-refractivity contribution in [2.75, 3.05) is 19.5 Å². The summed E-state index contributed by atoms with van der Waals surface area (Å²) in [7, 11) is 1.62. The molecule has 1 amide bonds. The van der Waals surface area contributed by atoms with Gasteiger partial charge in [0.15, 0.2) is 0 Å². The van der Waals surface area contributed by atoms with E-state index in [1.165, 1.54) is 22.2 Å². The molecule has 0 fully saturated rings. The molecule has 0 aliphatic rings. The minimum absolute atomic E-state index is 0.00961. The Kier molecular flexibility index (Phi) is 5.77. The maximum Gasteiger partial charge on any atom is 0.230 e. The molecule has 2 heterocycles. The van der Waals surface area contributed by atoms with Crippen molar-refractivity contribution in [3.63, 3.8) is 0 Å². The zero-order valence-corrected chi connectivity index (χ0v) is 15.2. The van der Waals surface area contributed by atoms with Gasteiger partial charge in [-0.15, -0.1) is 11.3 Å². The zero-order chi connectivity index (χ0) is 16.3. The quantitative estimate of drug-likeness (QED) is 0.647. The van der Waals surface area contributed by atoms with Crippen molar-refractivity contribution in [1.82, 2.24) is 15.3 Å². The fraction of sp³-hybridized carbons (Fsp3) is 0.533. The second-order valence-electron chi connectivity index (χ2n) is 5.25. The van der Waals surface area contributed by atoms with Crippen molar-refractivity contribution >= 4 is 39.2 Å². The van der Waals surface area contributed by atoms with E-state index in [0.717, 1.165) is 21.1 Å². The minimum atomic E-state index is -0.0106. The van der Waals surface area contributed by atoms with Crippen LogP contribution in [0.15, 0.2) is 5.03 Å². The van der Waals surface area contributed by atoms with E-state index in [1.807, 2.05) is 13.8 Å². The Morgan fingerprint density at radius 3 is 2.77 bits per heavy atom. The molecule has 1 N–H and O–H groups in total. The van der Waals surface area contributed by atoms with Crippen LogP contribution in [-0.4, -0.2) is 41.4 Å². The third-order valence-electron chi connectivity index (χ3n) is 3.27. The largest absolute Gasteiger partial charge is 0.383 e. The third kappa shape index (κ3) is 3.97. The van der Waals surface area contributed by atoms with Gasteiger partial charge in [0.2, 0.25) is 5.91 Å². The summed E-state index contributed by atoms with van der Waals surface area (Å²) in [5, 5.41) is 4.88. The molecular weight excluding hydrogens is 318 g/mol. The van der Waals surface area contributed by atoms with Crippen molar-refractivity contribution < 1.29 is 9.53 Å². The van der Waals surface area contributed by atoms with Crippen LogP contribution >= 0.6 is 23.1 Å². The fourth-order valence-corrected chi connectivity index (χ4v) is 4.24. The lowest BCUT2D eigenvalue weighted by Crippen LogP contribution is -2.36. The van der Waals surface area contributed by atoms with Gasteiger partial charge in [-0.1, -0.05) is 11.8 Å². The molecule has 1 atom stereocenters. The molecule has 0 spiro atoms. The number of amides is 1. The Hall–Kier alpha value is -1.18. The fourth-order valence-electron chi connectivity index (χ4n) is 2.16. The second-order valence-corrected chi connectivity index (χ2v) is 7.42. The number of hydrogen-bond acceptors (Lipinski definition) is 6. The first-order valence-electron chi connectivity index (χ1n) is 7.07. The number of methoxy groups -OCH3 is 1. The monoisotopic (exact) mass is 339 g/mol. The Bertz CT molecular complexity index is 685. The summed E-state index contributed by atoms with van der Waals surface area (Å²) in [6.45, 7) is 8.48. The van der Waals surface area contributed by atoms with E-state index < -0.39 is 0 Å². The molecule has 22 heavy (non-hydrogen) atoms. The maximum absolute atomic E-state index is 12.0. The smallest absolute Gasteiger partial charge is 0.230 e. The van der Waals surface area contributed by atoms with Gasteiger partial charge in [0.05, 0.1) is 12.4 Å². The summed E-state index contributed by atoms with van der Waals surface area (Å²) in [4.78, 5) is 23.2. The van der Waals surface area contributed by atoms with Crippen LogP contribution in [0.1, 0.15) is 23.2 Å². The van der Waals surface area contributed by atoms with E-state index in [0.29, 0.717) is 12.4 Å². The van der Waals surface area contributed by atoms with Crippen LogP contribution < -0.4 is 5.32 Å². The van der Waals surface area contributed by atoms with Gasteiger partial charge < -0.3 is 10.1 Å². The van der Waals surface area contributed by atoms with E-state index >= 15 is 0 Å². The van der Waals surface area contributed by atoms with E-state index in [9.17, 15) is 4.79 Å². The summed E-state index contributed by atoms with van der Waals surface area (Å²) in [5.74, 6) is 1.07. The molecule has 0 aliphatic carbocycles. The van der Waals surface area contributed by atoms with Crippen LogP contribution in [0.3, 0.4) is 0 Å². The predicted molar refractivity (Wildman–Crippen MR) is 91.8 cm³/mol. The number of nitrogens with zero attached hydrogens (tertiary/aromatic N) is 2. The number of nitrogens with one attached hydrogen (secondary N) is 1. The number of thioether (sulfide) groups is 1. The first-order chi connectivity index (χ1) is 10.4. The summed E-state index contributed by atoms with van der Waals surface area (Å²) >= 11 is 3.14. The Morgan fingerprint density at radius 2 is 2.09 bits per heavy atom. The Morgan fingerprint density at radius 1 is 1.36 bits per heavy atom. The average molecular weight is 339 g/mol. The number of aromatic nitrogens is 2. The number of fused-ring (bicyclic) bond motifs is 1. The molecule has 0 aromatic carbocycles. The van der Waals surface area contributed by atoms with Gasteiger partial charge in [-0.05, 0) is 33.3 Å². The van der Waals surface area contributed by atoms with Crippen molar-refractivity contribution in [3.8, 4) is 0 Å². The Balaban J connectivity index is 2.13. The van der Waals surface area contributed by atoms with Crippen molar-refractivity contribution in [2.24, 2.45) is 0 Å². The molecule has 1 unspecified atom stereocenters. The SMILES string of the molecule is COCC(C)NC(=O)CSc1nc(C)nc2sc(C)c(C)c12. The number of thiophene rings is 1. The van der Waals surface area contributed by atoms with Gasteiger partial charge >= 0.3 is 0 Å². The predicted octanol–water partition coefficient (Wildman–Crippen LogP) is 2.86. The molecule has 0 saturated heterocycles. The molecule has 5 nitrogen and oxygen atoms in total. The summed E-state index contributed by atoms with van der Waals surface area (Å²) in [5.41, 5.74) is 1.20. The van der Waals surface area contributed by atoms with Crippen LogP contribution in [0.25, 0.3) is 10.2 Å². The lowest BCUT2D eigenvalue weighted by atomic mass is 10.2. The topological polar surface area (TPSA) is 64.1 Å². The Labute approximate surface area is 138 Å². The van der Waals surface area contributed by atoms with Gasteiger partial charge in [0.25, 0.3) is 0 Å². The molecule has 0 saturated carbocycles. The number of hydrogen-bond donors (Lipinski definition) is 1. The van der Waals surface area contributed by atoms with Crippen molar-refractivity contribution in [3.05, 3.63) is 16.3 Å². The molecule has 2 aromatic rings. The minimum Gasteiger partial charge on any atom is -0.383 e. The van der Waals surface area contributed by atoms with Gasteiger partial charge in [-0.3, -0.25) is 4.79 Å². The van der Waals surface area contributed by atoms with Crippen LogP contribution in [-0.2, 0) is 9.53 Å². The highest BCUT2D eigenvalue weighted by atomic mass is 32.2. The average Bonchev–Trinajstić information content (AvgIpc) is 2.71. The van der Waals surface area contributed by atoms with Crippen molar-refractivity contribution in [1.29, 1.82) is 0 Å². The summed E-state index contributed by atoms with van der Waals surface area (Å²) in [6.07, 6.45) is 0. The van der Waals surface area contributed by atoms with Crippen LogP contribution in [0, 0.1) is 20.8 Å². The number of aryl methyl sites for hydroxylation is 3. The van der Waals surface area contributed by atoms with Crippen LogP contribution in [0.5, 0.6) is 0 Å². The highest BCUT2D eigenvalue weighted by Crippen LogP contribution is 2.34. The highest BCUT2D eigenvalue weighted by molar-refractivity contribution is 8.00. The number of ether oxygens (including phenoxy) is 1. The van der Waals surface area contributed by atoms with Gasteiger partial charge in [0.1, 0.15) is 15.7 Å². The van der Waals surface area contributed by atoms with Crippen molar-refractivity contribution in [2.45, 2.75) is 38.8 Å². The molecule has 0 aliphatic heterocycles. The number of carbonyl (C=O) groups is 1. The third-order valence-corrected chi connectivity index (χ3v) is 5.35. The van der Waals surface area contributed by atoms with Crippen LogP contribution in [0.2, 0.25) is 0 Å². The van der Waals surface area contributed by atoms with Gasteiger partial charge in [-0.2, -0.15) is 0 Å². The first kappa shape index (κ1) is 17.2. The molecule has 0 radical (unpaired) electrons.